The van der Waals surface area contributed by atoms with Crippen molar-refractivity contribution in [2.45, 2.75) is 0 Å². The van der Waals surface area contributed by atoms with Crippen LogP contribution in [0.25, 0.3) is 11.1 Å². The fourth-order valence-corrected chi connectivity index (χ4v) is 1.42. The van der Waals surface area contributed by atoms with Crippen molar-refractivity contribution in [3.05, 3.63) is 62.8 Å². The molecule has 0 unspecified atom stereocenters. The number of hydrogen-bond donors (Lipinski definition) is 1. The average molecular weight is 234 g/mol. The number of hydrogen-bond acceptors (Lipinski definition) is 3. The van der Waals surface area contributed by atoms with Crippen LogP contribution in [0.15, 0.2) is 41.3 Å². The van der Waals surface area contributed by atoms with Crippen molar-refractivity contribution in [2.24, 2.45) is 0 Å². The monoisotopic (exact) mass is 234 g/mol. The molecule has 0 aliphatic heterocycles. The average Bonchev–Trinajstić information content (AvgIpc) is 2.30. The number of halogens is 1. The fraction of sp³-hybridized carbons (Fsp3) is 0. The Balaban J connectivity index is 2.53. The molecule has 17 heavy (non-hydrogen) atoms. The van der Waals surface area contributed by atoms with E-state index in [1.165, 1.54) is 24.4 Å². The predicted molar refractivity (Wildman–Crippen MR) is 59.1 cm³/mol. The van der Waals surface area contributed by atoms with Crippen molar-refractivity contribution in [2.75, 3.05) is 0 Å². The quantitative estimate of drug-likeness (QED) is 0.638. The second kappa shape index (κ2) is 4.17. The molecule has 1 aromatic carbocycles. The summed E-state index contributed by atoms with van der Waals surface area (Å²) >= 11 is 0. The summed E-state index contributed by atoms with van der Waals surface area (Å²) in [6.07, 6.45) is 1.42. The molecule has 0 spiro atoms. The van der Waals surface area contributed by atoms with Crippen molar-refractivity contribution >= 4 is 5.69 Å². The number of rotatable bonds is 2. The van der Waals surface area contributed by atoms with Gasteiger partial charge in [-0.2, -0.15) is 4.39 Å². The highest BCUT2D eigenvalue weighted by Gasteiger charge is 2.14. The zero-order chi connectivity index (χ0) is 12.4. The molecule has 86 valence electrons. The molecule has 5 nitrogen and oxygen atoms in total. The topological polar surface area (TPSA) is 76.0 Å². The van der Waals surface area contributed by atoms with E-state index < -0.39 is 16.4 Å². The van der Waals surface area contributed by atoms with Crippen LogP contribution in [-0.2, 0) is 0 Å². The van der Waals surface area contributed by atoms with Crippen LogP contribution in [0.2, 0.25) is 0 Å². The highest BCUT2D eigenvalue weighted by molar-refractivity contribution is 5.65. The molecule has 1 N–H and O–H groups in total. The molecule has 0 atom stereocenters. The summed E-state index contributed by atoms with van der Waals surface area (Å²) in [6, 6.07) is 6.37. The zero-order valence-corrected chi connectivity index (χ0v) is 8.51. The maximum absolute atomic E-state index is 13.1. The Kier molecular flexibility index (Phi) is 2.70. The van der Waals surface area contributed by atoms with Crippen LogP contribution in [0.1, 0.15) is 0 Å². The number of aromatic amines is 1. The van der Waals surface area contributed by atoms with Crippen LogP contribution in [0.3, 0.4) is 0 Å². The lowest BCUT2D eigenvalue weighted by Crippen LogP contribution is -2.01. The number of nitrogens with zero attached hydrogens (tertiary/aromatic N) is 1. The van der Waals surface area contributed by atoms with Gasteiger partial charge >= 0.3 is 5.69 Å². The Labute approximate surface area is 94.7 Å². The SMILES string of the molecule is O=c1ccc(-c2ccc(F)c([N+](=O)[O-])c2)c[nH]1. The first-order chi connectivity index (χ1) is 8.08. The number of aromatic nitrogens is 1. The van der Waals surface area contributed by atoms with Gasteiger partial charge in [0.05, 0.1) is 4.92 Å². The van der Waals surface area contributed by atoms with E-state index in [0.717, 1.165) is 12.1 Å². The van der Waals surface area contributed by atoms with Crippen molar-refractivity contribution in [1.82, 2.24) is 4.98 Å². The van der Waals surface area contributed by atoms with E-state index in [1.54, 1.807) is 0 Å². The highest BCUT2D eigenvalue weighted by atomic mass is 19.1. The summed E-state index contributed by atoms with van der Waals surface area (Å²) in [5, 5.41) is 10.6. The first kappa shape index (κ1) is 11.0. The molecule has 0 saturated carbocycles. The number of nitro benzene ring substituents is 1. The number of nitrogens with one attached hydrogen (secondary N) is 1. The van der Waals surface area contributed by atoms with Crippen molar-refractivity contribution in [3.8, 4) is 11.1 Å². The Morgan fingerprint density at radius 1 is 1.18 bits per heavy atom. The summed E-state index contributed by atoms with van der Waals surface area (Å²) in [6.45, 7) is 0. The third-order valence-corrected chi connectivity index (χ3v) is 2.26. The molecule has 1 heterocycles. The molecule has 6 heteroatoms. The standard InChI is InChI=1S/C11H7FN2O3/c12-9-3-1-7(5-10(9)14(16)17)8-2-4-11(15)13-6-8/h1-6H,(H,13,15). The van der Waals surface area contributed by atoms with E-state index in [0.29, 0.717) is 11.1 Å². The summed E-state index contributed by atoms with van der Waals surface area (Å²) in [4.78, 5) is 23.1. The molecular weight excluding hydrogens is 227 g/mol. The lowest BCUT2D eigenvalue weighted by molar-refractivity contribution is -0.387. The van der Waals surface area contributed by atoms with Crippen LogP contribution < -0.4 is 5.56 Å². The second-order valence-electron chi connectivity index (χ2n) is 3.36. The molecule has 0 bridgehead atoms. The Bertz CT molecular complexity index is 616. The molecule has 0 aliphatic carbocycles. The molecule has 0 amide bonds. The minimum atomic E-state index is -0.886. The van der Waals surface area contributed by atoms with Gasteiger partial charge < -0.3 is 4.98 Å². The normalized spacial score (nSPS) is 10.2. The molecule has 0 saturated heterocycles. The van der Waals surface area contributed by atoms with Gasteiger partial charge in [0.25, 0.3) is 0 Å². The number of H-pyrrole nitrogens is 1. The molecule has 0 radical (unpaired) electrons. The second-order valence-corrected chi connectivity index (χ2v) is 3.36. The summed E-state index contributed by atoms with van der Waals surface area (Å²) in [5.74, 6) is -0.886. The van der Waals surface area contributed by atoms with Gasteiger partial charge in [-0.15, -0.1) is 0 Å². The predicted octanol–water partition coefficient (Wildman–Crippen LogP) is 2.09. The highest BCUT2D eigenvalue weighted by Crippen LogP contribution is 2.25. The van der Waals surface area contributed by atoms with Crippen molar-refractivity contribution in [3.63, 3.8) is 0 Å². The first-order valence-corrected chi connectivity index (χ1v) is 4.71. The number of benzene rings is 1. The summed E-state index contributed by atoms with van der Waals surface area (Å²) < 4.78 is 13.1. The van der Waals surface area contributed by atoms with Gasteiger partial charge in [0.1, 0.15) is 0 Å². The largest absolute Gasteiger partial charge is 0.328 e. The molecule has 2 rings (SSSR count). The van der Waals surface area contributed by atoms with Gasteiger partial charge in [0.15, 0.2) is 0 Å². The summed E-state index contributed by atoms with van der Waals surface area (Å²) in [7, 11) is 0. The maximum atomic E-state index is 13.1. The van der Waals surface area contributed by atoms with E-state index in [4.69, 9.17) is 0 Å². The van der Waals surface area contributed by atoms with Crippen LogP contribution in [-0.4, -0.2) is 9.91 Å². The fourth-order valence-electron chi connectivity index (χ4n) is 1.42. The number of pyridine rings is 1. The van der Waals surface area contributed by atoms with Gasteiger partial charge in [0, 0.05) is 18.3 Å². The van der Waals surface area contributed by atoms with Crippen LogP contribution in [0.5, 0.6) is 0 Å². The van der Waals surface area contributed by atoms with Gasteiger partial charge in [-0.3, -0.25) is 14.9 Å². The minimum absolute atomic E-state index is 0.273. The molecular formula is C11H7FN2O3. The van der Waals surface area contributed by atoms with Crippen LogP contribution in [0, 0.1) is 15.9 Å². The third kappa shape index (κ3) is 2.20. The molecule has 0 aliphatic rings. The van der Waals surface area contributed by atoms with E-state index in [9.17, 15) is 19.3 Å². The van der Waals surface area contributed by atoms with E-state index in [2.05, 4.69) is 4.98 Å². The van der Waals surface area contributed by atoms with Crippen molar-refractivity contribution < 1.29 is 9.31 Å². The molecule has 2 aromatic rings. The molecule has 0 fully saturated rings. The number of nitro groups is 1. The smallest absolute Gasteiger partial charge is 0.305 e. The Morgan fingerprint density at radius 3 is 2.47 bits per heavy atom. The van der Waals surface area contributed by atoms with Gasteiger partial charge in [-0.1, -0.05) is 6.07 Å². The van der Waals surface area contributed by atoms with E-state index in [1.807, 2.05) is 0 Å². The Hall–Kier alpha value is -2.50. The van der Waals surface area contributed by atoms with E-state index in [-0.39, 0.29) is 5.56 Å². The van der Waals surface area contributed by atoms with Crippen LogP contribution >= 0.6 is 0 Å². The lowest BCUT2D eigenvalue weighted by atomic mass is 10.1. The van der Waals surface area contributed by atoms with Crippen LogP contribution in [0.4, 0.5) is 10.1 Å². The van der Waals surface area contributed by atoms with Crippen molar-refractivity contribution in [1.29, 1.82) is 0 Å². The van der Waals surface area contributed by atoms with Gasteiger partial charge in [0.2, 0.25) is 11.4 Å². The van der Waals surface area contributed by atoms with Gasteiger partial charge in [-0.25, -0.2) is 0 Å². The third-order valence-electron chi connectivity index (χ3n) is 2.26. The maximum Gasteiger partial charge on any atom is 0.305 e. The van der Waals surface area contributed by atoms with E-state index >= 15 is 0 Å². The summed E-state index contributed by atoms with van der Waals surface area (Å²) in [5.41, 5.74) is 0.182. The Morgan fingerprint density at radius 2 is 1.88 bits per heavy atom. The lowest BCUT2D eigenvalue weighted by Gasteiger charge is -2.01. The molecule has 1 aromatic heterocycles. The zero-order valence-electron chi connectivity index (χ0n) is 8.51. The minimum Gasteiger partial charge on any atom is -0.328 e. The first-order valence-electron chi connectivity index (χ1n) is 4.71. The van der Waals surface area contributed by atoms with Gasteiger partial charge in [-0.05, 0) is 23.3 Å².